The Balaban J connectivity index is 2.29. The van der Waals surface area contributed by atoms with Gasteiger partial charge in [0.15, 0.2) is 6.61 Å². The van der Waals surface area contributed by atoms with Gasteiger partial charge < -0.3 is 15.2 Å². The zero-order valence-electron chi connectivity index (χ0n) is 12.8. The Morgan fingerprint density at radius 1 is 1.35 bits per heavy atom. The standard InChI is InChI=1S/C16H25NO3/c1-12-7-5-6-8-14(12)20-11-15(19)17-10-13(18)9-16(2,3)4/h5-8,13,18H,9-11H2,1-4H3,(H,17,19). The number of ether oxygens (including phenoxy) is 1. The Morgan fingerprint density at radius 3 is 2.60 bits per heavy atom. The summed E-state index contributed by atoms with van der Waals surface area (Å²) in [6, 6.07) is 7.55. The number of amides is 1. The average Bonchev–Trinajstić information content (AvgIpc) is 2.33. The predicted octanol–water partition coefficient (Wildman–Crippen LogP) is 2.29. The zero-order valence-corrected chi connectivity index (χ0v) is 12.8. The second-order valence-corrected chi connectivity index (χ2v) is 6.28. The Hall–Kier alpha value is -1.55. The molecule has 1 amide bonds. The third-order valence-electron chi connectivity index (χ3n) is 2.84. The quantitative estimate of drug-likeness (QED) is 0.840. The number of nitrogens with one attached hydrogen (secondary N) is 1. The van der Waals surface area contributed by atoms with Crippen molar-refractivity contribution in [3.8, 4) is 5.75 Å². The van der Waals surface area contributed by atoms with E-state index in [9.17, 15) is 9.90 Å². The molecule has 0 aromatic heterocycles. The summed E-state index contributed by atoms with van der Waals surface area (Å²) in [5.74, 6) is 0.485. The fourth-order valence-electron chi connectivity index (χ4n) is 1.92. The van der Waals surface area contributed by atoms with E-state index in [4.69, 9.17) is 4.74 Å². The molecule has 0 bridgehead atoms. The lowest BCUT2D eigenvalue weighted by Gasteiger charge is -2.22. The summed E-state index contributed by atoms with van der Waals surface area (Å²) >= 11 is 0. The molecule has 0 heterocycles. The van der Waals surface area contributed by atoms with Gasteiger partial charge in [-0.05, 0) is 30.4 Å². The lowest BCUT2D eigenvalue weighted by atomic mass is 9.89. The first-order valence-electron chi connectivity index (χ1n) is 6.91. The van der Waals surface area contributed by atoms with Crippen molar-refractivity contribution in [3.05, 3.63) is 29.8 Å². The molecule has 0 saturated heterocycles. The molecule has 1 aromatic carbocycles. The molecule has 112 valence electrons. The van der Waals surface area contributed by atoms with Crippen LogP contribution in [-0.4, -0.2) is 30.3 Å². The smallest absolute Gasteiger partial charge is 0.258 e. The molecular weight excluding hydrogens is 254 g/mol. The highest BCUT2D eigenvalue weighted by Gasteiger charge is 2.17. The van der Waals surface area contributed by atoms with Crippen LogP contribution in [0.5, 0.6) is 5.75 Å². The van der Waals surface area contributed by atoms with Crippen LogP contribution in [0.2, 0.25) is 0 Å². The van der Waals surface area contributed by atoms with Gasteiger partial charge in [0.2, 0.25) is 0 Å². The van der Waals surface area contributed by atoms with Crippen molar-refractivity contribution in [1.29, 1.82) is 0 Å². The lowest BCUT2D eigenvalue weighted by Crippen LogP contribution is -2.36. The molecule has 4 heteroatoms. The maximum atomic E-state index is 11.7. The predicted molar refractivity (Wildman–Crippen MR) is 79.8 cm³/mol. The highest BCUT2D eigenvalue weighted by molar-refractivity contribution is 5.77. The number of hydrogen-bond acceptors (Lipinski definition) is 3. The topological polar surface area (TPSA) is 58.6 Å². The number of carbonyl (C=O) groups excluding carboxylic acids is 1. The van der Waals surface area contributed by atoms with Gasteiger partial charge in [-0.3, -0.25) is 4.79 Å². The van der Waals surface area contributed by atoms with Crippen molar-refractivity contribution in [3.63, 3.8) is 0 Å². The summed E-state index contributed by atoms with van der Waals surface area (Å²) in [4.78, 5) is 11.7. The van der Waals surface area contributed by atoms with E-state index >= 15 is 0 Å². The van der Waals surface area contributed by atoms with Crippen LogP contribution in [0.4, 0.5) is 0 Å². The molecule has 0 aliphatic rings. The minimum absolute atomic E-state index is 0.0346. The molecule has 4 nitrogen and oxygen atoms in total. The summed E-state index contributed by atoms with van der Waals surface area (Å²) < 4.78 is 5.44. The van der Waals surface area contributed by atoms with Crippen LogP contribution in [0.1, 0.15) is 32.8 Å². The summed E-state index contributed by atoms with van der Waals surface area (Å²) in [5, 5.41) is 12.5. The van der Waals surface area contributed by atoms with Gasteiger partial charge in [-0.1, -0.05) is 39.0 Å². The van der Waals surface area contributed by atoms with Crippen molar-refractivity contribution in [2.75, 3.05) is 13.2 Å². The van der Waals surface area contributed by atoms with Gasteiger partial charge >= 0.3 is 0 Å². The maximum absolute atomic E-state index is 11.7. The molecular formula is C16H25NO3. The fraction of sp³-hybridized carbons (Fsp3) is 0.562. The van der Waals surface area contributed by atoms with E-state index in [-0.39, 0.29) is 24.5 Å². The number of para-hydroxylation sites is 1. The van der Waals surface area contributed by atoms with Crippen LogP contribution in [-0.2, 0) is 4.79 Å². The summed E-state index contributed by atoms with van der Waals surface area (Å²) in [7, 11) is 0. The molecule has 0 aliphatic carbocycles. The SMILES string of the molecule is Cc1ccccc1OCC(=O)NCC(O)CC(C)(C)C. The largest absolute Gasteiger partial charge is 0.484 e. The maximum Gasteiger partial charge on any atom is 0.258 e. The number of aliphatic hydroxyl groups is 1. The van der Waals surface area contributed by atoms with Gasteiger partial charge in [0, 0.05) is 6.54 Å². The van der Waals surface area contributed by atoms with Crippen LogP contribution < -0.4 is 10.1 Å². The van der Waals surface area contributed by atoms with Gasteiger partial charge in [-0.25, -0.2) is 0 Å². The Kier molecular flexibility index (Phi) is 6.02. The lowest BCUT2D eigenvalue weighted by molar-refractivity contribution is -0.123. The molecule has 0 saturated carbocycles. The Bertz CT molecular complexity index is 438. The van der Waals surface area contributed by atoms with Crippen LogP contribution in [0.3, 0.4) is 0 Å². The van der Waals surface area contributed by atoms with E-state index in [2.05, 4.69) is 26.1 Å². The van der Waals surface area contributed by atoms with Crippen LogP contribution >= 0.6 is 0 Å². The molecule has 20 heavy (non-hydrogen) atoms. The van der Waals surface area contributed by atoms with E-state index in [1.165, 1.54) is 0 Å². The highest BCUT2D eigenvalue weighted by atomic mass is 16.5. The summed E-state index contributed by atoms with van der Waals surface area (Å²) in [5.41, 5.74) is 1.04. The zero-order chi connectivity index (χ0) is 15.2. The summed E-state index contributed by atoms with van der Waals surface area (Å²) in [6.07, 6.45) is 0.115. The van der Waals surface area contributed by atoms with Crippen molar-refractivity contribution >= 4 is 5.91 Å². The van der Waals surface area contributed by atoms with Crippen molar-refractivity contribution in [1.82, 2.24) is 5.32 Å². The average molecular weight is 279 g/mol. The molecule has 0 fully saturated rings. The van der Waals surface area contributed by atoms with Crippen molar-refractivity contribution < 1.29 is 14.6 Å². The molecule has 1 rings (SSSR count). The Morgan fingerprint density at radius 2 is 2.00 bits per heavy atom. The molecule has 1 aromatic rings. The van der Waals surface area contributed by atoms with E-state index in [0.717, 1.165) is 5.56 Å². The van der Waals surface area contributed by atoms with E-state index in [0.29, 0.717) is 12.2 Å². The van der Waals surface area contributed by atoms with Crippen LogP contribution in [0.25, 0.3) is 0 Å². The third kappa shape index (κ3) is 6.57. The first kappa shape index (κ1) is 16.5. The van der Waals surface area contributed by atoms with Gasteiger partial charge in [-0.15, -0.1) is 0 Å². The normalized spacial score (nSPS) is 12.8. The van der Waals surface area contributed by atoms with Gasteiger partial charge in [-0.2, -0.15) is 0 Å². The third-order valence-corrected chi connectivity index (χ3v) is 2.84. The minimum Gasteiger partial charge on any atom is -0.484 e. The molecule has 2 N–H and O–H groups in total. The second-order valence-electron chi connectivity index (χ2n) is 6.28. The number of rotatable bonds is 6. The molecule has 1 unspecified atom stereocenters. The molecule has 0 aliphatic heterocycles. The van der Waals surface area contributed by atoms with Crippen molar-refractivity contribution in [2.45, 2.75) is 40.2 Å². The number of aryl methyl sites for hydroxylation is 1. The van der Waals surface area contributed by atoms with E-state index in [1.54, 1.807) is 0 Å². The molecule has 0 spiro atoms. The summed E-state index contributed by atoms with van der Waals surface area (Å²) in [6.45, 7) is 8.32. The van der Waals surface area contributed by atoms with Crippen molar-refractivity contribution in [2.24, 2.45) is 5.41 Å². The van der Waals surface area contributed by atoms with E-state index in [1.807, 2.05) is 31.2 Å². The first-order valence-corrected chi connectivity index (χ1v) is 6.91. The number of aliphatic hydroxyl groups excluding tert-OH is 1. The van der Waals surface area contributed by atoms with Crippen LogP contribution in [0.15, 0.2) is 24.3 Å². The fourth-order valence-corrected chi connectivity index (χ4v) is 1.92. The Labute approximate surface area is 121 Å². The highest BCUT2D eigenvalue weighted by Crippen LogP contribution is 2.20. The van der Waals surface area contributed by atoms with Gasteiger partial charge in [0.1, 0.15) is 5.75 Å². The second kappa shape index (κ2) is 7.29. The minimum atomic E-state index is -0.530. The van der Waals surface area contributed by atoms with Gasteiger partial charge in [0.25, 0.3) is 5.91 Å². The van der Waals surface area contributed by atoms with Gasteiger partial charge in [0.05, 0.1) is 6.10 Å². The number of hydrogen-bond donors (Lipinski definition) is 2. The first-order chi connectivity index (χ1) is 9.28. The van der Waals surface area contributed by atoms with E-state index < -0.39 is 6.10 Å². The van der Waals surface area contributed by atoms with Crippen LogP contribution in [0, 0.1) is 12.3 Å². The number of carbonyl (C=O) groups is 1. The number of benzene rings is 1. The molecule has 1 atom stereocenters. The monoisotopic (exact) mass is 279 g/mol. The molecule has 0 radical (unpaired) electrons.